The van der Waals surface area contributed by atoms with Gasteiger partial charge in [0.2, 0.25) is 10.0 Å². The summed E-state index contributed by atoms with van der Waals surface area (Å²) in [5.74, 6) is 0. The van der Waals surface area contributed by atoms with Gasteiger partial charge in [-0.25, -0.2) is 8.42 Å². The van der Waals surface area contributed by atoms with Crippen LogP contribution in [-0.2, 0) is 10.0 Å². The average Bonchev–Trinajstić information content (AvgIpc) is 2.87. The number of sulfonamides is 1. The molecule has 0 unspecified atom stereocenters. The molecule has 2 rings (SSSR count). The first kappa shape index (κ1) is 15.6. The summed E-state index contributed by atoms with van der Waals surface area (Å²) < 4.78 is 27.3. The Kier molecular flexibility index (Phi) is 4.62. The maximum Gasteiger partial charge on any atom is 0.243 e. The predicted molar refractivity (Wildman–Crippen MR) is 82.4 cm³/mol. The summed E-state index contributed by atoms with van der Waals surface area (Å²) in [6.45, 7) is 4.11. The van der Waals surface area contributed by atoms with Gasteiger partial charge in [-0.05, 0) is 37.5 Å². The second-order valence-corrected chi connectivity index (χ2v) is 7.55. The number of hydrogen-bond acceptors (Lipinski definition) is 3. The van der Waals surface area contributed by atoms with E-state index in [0.717, 1.165) is 25.7 Å². The molecule has 20 heavy (non-hydrogen) atoms. The Hall–Kier alpha value is -0.780. The van der Waals surface area contributed by atoms with Gasteiger partial charge in [0.25, 0.3) is 0 Å². The number of anilines is 1. The van der Waals surface area contributed by atoms with E-state index in [1.54, 1.807) is 17.3 Å². The van der Waals surface area contributed by atoms with Crippen molar-refractivity contribution in [3.8, 4) is 0 Å². The topological polar surface area (TPSA) is 63.4 Å². The van der Waals surface area contributed by atoms with E-state index in [9.17, 15) is 8.42 Å². The van der Waals surface area contributed by atoms with Crippen molar-refractivity contribution in [3.63, 3.8) is 0 Å². The summed E-state index contributed by atoms with van der Waals surface area (Å²) in [4.78, 5) is 0.271. The van der Waals surface area contributed by atoms with Crippen LogP contribution in [0, 0.1) is 6.92 Å². The molecule has 1 saturated carbocycles. The van der Waals surface area contributed by atoms with Crippen molar-refractivity contribution in [1.82, 2.24) is 4.31 Å². The van der Waals surface area contributed by atoms with Crippen LogP contribution in [0.3, 0.4) is 0 Å². The molecule has 0 aliphatic heterocycles. The van der Waals surface area contributed by atoms with Gasteiger partial charge in [0.1, 0.15) is 0 Å². The molecule has 0 atom stereocenters. The molecule has 0 radical (unpaired) electrons. The summed E-state index contributed by atoms with van der Waals surface area (Å²) in [7, 11) is -3.51. The number of nitrogens with zero attached hydrogens (tertiary/aromatic N) is 1. The van der Waals surface area contributed by atoms with Crippen molar-refractivity contribution in [1.29, 1.82) is 0 Å². The fraction of sp³-hybridized carbons (Fsp3) is 0.571. The quantitative estimate of drug-likeness (QED) is 0.868. The Morgan fingerprint density at radius 3 is 2.50 bits per heavy atom. The molecule has 4 nitrogen and oxygen atoms in total. The zero-order valence-electron chi connectivity index (χ0n) is 11.9. The number of aryl methyl sites for hydroxylation is 1. The molecular weight excluding hydrogens is 296 g/mol. The van der Waals surface area contributed by atoms with Gasteiger partial charge in [0.15, 0.2) is 0 Å². The fourth-order valence-electron chi connectivity index (χ4n) is 2.89. The number of hydrogen-bond donors (Lipinski definition) is 1. The molecule has 6 heteroatoms. The van der Waals surface area contributed by atoms with Gasteiger partial charge in [0.05, 0.1) is 15.6 Å². The van der Waals surface area contributed by atoms with E-state index in [0.29, 0.717) is 22.8 Å². The summed E-state index contributed by atoms with van der Waals surface area (Å²) >= 11 is 5.94. The van der Waals surface area contributed by atoms with Gasteiger partial charge in [-0.2, -0.15) is 4.31 Å². The van der Waals surface area contributed by atoms with Crippen LogP contribution in [0.15, 0.2) is 17.0 Å². The molecule has 1 aliphatic rings. The molecule has 1 fully saturated rings. The zero-order valence-corrected chi connectivity index (χ0v) is 13.5. The van der Waals surface area contributed by atoms with Gasteiger partial charge in [-0.15, -0.1) is 0 Å². The lowest BCUT2D eigenvalue weighted by atomic mass is 10.2. The van der Waals surface area contributed by atoms with E-state index < -0.39 is 10.0 Å². The minimum absolute atomic E-state index is 0.112. The van der Waals surface area contributed by atoms with Crippen LogP contribution < -0.4 is 5.73 Å². The number of rotatable bonds is 4. The summed E-state index contributed by atoms with van der Waals surface area (Å²) in [6, 6.07) is 3.21. The van der Waals surface area contributed by atoms with Crippen molar-refractivity contribution < 1.29 is 8.42 Å². The summed E-state index contributed by atoms with van der Waals surface area (Å²) in [5.41, 5.74) is 6.71. The molecule has 0 bridgehead atoms. The molecular formula is C14H21ClN2O2S. The normalized spacial score (nSPS) is 17.0. The van der Waals surface area contributed by atoms with Crippen molar-refractivity contribution in [3.05, 3.63) is 22.7 Å². The number of halogens is 1. The monoisotopic (exact) mass is 316 g/mol. The Morgan fingerprint density at radius 1 is 1.35 bits per heavy atom. The van der Waals surface area contributed by atoms with Crippen molar-refractivity contribution in [2.45, 2.75) is 50.5 Å². The lowest BCUT2D eigenvalue weighted by Gasteiger charge is -2.27. The highest BCUT2D eigenvalue weighted by atomic mass is 35.5. The van der Waals surface area contributed by atoms with Crippen LogP contribution in [0.2, 0.25) is 5.02 Å². The Labute approximate surface area is 126 Å². The molecule has 112 valence electrons. The SMILES string of the molecule is CCN(C1CCCC1)S(=O)(=O)c1cc(N)c(Cl)cc1C. The fourth-order valence-corrected chi connectivity index (χ4v) is 5.05. The maximum atomic E-state index is 12.9. The van der Waals surface area contributed by atoms with Gasteiger partial charge < -0.3 is 5.73 Å². The summed E-state index contributed by atoms with van der Waals surface area (Å²) in [5, 5.41) is 0.394. The van der Waals surface area contributed by atoms with Crippen LogP contribution in [-0.4, -0.2) is 25.3 Å². The predicted octanol–water partition coefficient (Wildman–Crippen LogP) is 3.18. The van der Waals surface area contributed by atoms with Gasteiger partial charge >= 0.3 is 0 Å². The average molecular weight is 317 g/mol. The van der Waals surface area contributed by atoms with Crippen LogP contribution >= 0.6 is 11.6 Å². The minimum atomic E-state index is -3.51. The largest absolute Gasteiger partial charge is 0.397 e. The van der Waals surface area contributed by atoms with E-state index in [2.05, 4.69) is 0 Å². The van der Waals surface area contributed by atoms with Crippen LogP contribution in [0.4, 0.5) is 5.69 Å². The molecule has 0 spiro atoms. The Bertz CT molecular complexity index is 595. The molecule has 1 aliphatic carbocycles. The third kappa shape index (κ3) is 2.80. The first-order valence-corrected chi connectivity index (χ1v) is 8.77. The first-order chi connectivity index (χ1) is 9.37. The lowest BCUT2D eigenvalue weighted by molar-refractivity contribution is 0.335. The smallest absolute Gasteiger partial charge is 0.243 e. The Morgan fingerprint density at radius 2 is 1.95 bits per heavy atom. The third-order valence-corrected chi connectivity index (χ3v) is 6.42. The molecule has 0 saturated heterocycles. The molecule has 0 amide bonds. The molecule has 1 aromatic carbocycles. The van der Waals surface area contributed by atoms with Crippen LogP contribution in [0.5, 0.6) is 0 Å². The standard InChI is InChI=1S/C14H21ClN2O2S/c1-3-17(11-6-4-5-7-11)20(18,19)14-9-13(16)12(15)8-10(14)2/h8-9,11H,3-7,16H2,1-2H3. The van der Waals surface area contributed by atoms with Gasteiger partial charge in [-0.1, -0.05) is 31.4 Å². The lowest BCUT2D eigenvalue weighted by Crippen LogP contribution is -2.38. The second-order valence-electron chi connectivity index (χ2n) is 5.29. The molecule has 1 aromatic rings. The Balaban J connectivity index is 2.45. The minimum Gasteiger partial charge on any atom is -0.397 e. The number of benzene rings is 1. The van der Waals surface area contributed by atoms with Crippen LogP contribution in [0.25, 0.3) is 0 Å². The molecule has 2 N–H and O–H groups in total. The van der Waals surface area contributed by atoms with E-state index in [1.165, 1.54) is 6.07 Å². The number of nitrogens with two attached hydrogens (primary N) is 1. The van der Waals surface area contributed by atoms with Gasteiger partial charge in [0, 0.05) is 12.6 Å². The second kappa shape index (κ2) is 5.92. The zero-order chi connectivity index (χ0) is 14.9. The first-order valence-electron chi connectivity index (χ1n) is 6.95. The van der Waals surface area contributed by atoms with E-state index in [1.807, 2.05) is 6.92 Å². The van der Waals surface area contributed by atoms with E-state index in [4.69, 9.17) is 17.3 Å². The van der Waals surface area contributed by atoms with E-state index in [-0.39, 0.29) is 10.9 Å². The van der Waals surface area contributed by atoms with Crippen molar-refractivity contribution in [2.24, 2.45) is 0 Å². The number of nitrogen functional groups attached to an aromatic ring is 1. The maximum absolute atomic E-state index is 12.9. The molecule has 0 heterocycles. The van der Waals surface area contributed by atoms with E-state index >= 15 is 0 Å². The van der Waals surface area contributed by atoms with Gasteiger partial charge in [-0.3, -0.25) is 0 Å². The molecule has 0 aromatic heterocycles. The highest BCUT2D eigenvalue weighted by Crippen LogP contribution is 2.32. The van der Waals surface area contributed by atoms with Crippen molar-refractivity contribution in [2.75, 3.05) is 12.3 Å². The summed E-state index contributed by atoms with van der Waals surface area (Å²) in [6.07, 6.45) is 4.07. The highest BCUT2D eigenvalue weighted by Gasteiger charge is 2.33. The third-order valence-electron chi connectivity index (χ3n) is 3.92. The highest BCUT2D eigenvalue weighted by molar-refractivity contribution is 7.89. The van der Waals surface area contributed by atoms with Crippen molar-refractivity contribution >= 4 is 27.3 Å². The van der Waals surface area contributed by atoms with Crippen LogP contribution in [0.1, 0.15) is 38.2 Å².